The minimum Gasteiger partial charge on any atom is -0.390 e. The van der Waals surface area contributed by atoms with E-state index in [1.54, 1.807) is 0 Å². The highest BCUT2D eigenvalue weighted by molar-refractivity contribution is 5.40. The molecule has 3 aliphatic rings. The van der Waals surface area contributed by atoms with Crippen LogP contribution in [0.15, 0.2) is 35.5 Å². The van der Waals surface area contributed by atoms with E-state index in [0.717, 1.165) is 30.8 Å². The molecule has 7 atom stereocenters. The van der Waals surface area contributed by atoms with Crippen LogP contribution in [-0.2, 0) is 0 Å². The van der Waals surface area contributed by atoms with Gasteiger partial charge in [-0.3, -0.25) is 0 Å². The lowest BCUT2D eigenvalue weighted by molar-refractivity contribution is -0.0530. The second-order valence-electron chi connectivity index (χ2n) is 11.4. The van der Waals surface area contributed by atoms with Crippen molar-refractivity contribution in [2.45, 2.75) is 109 Å². The van der Waals surface area contributed by atoms with Crippen molar-refractivity contribution < 1.29 is 20.4 Å². The molecular formula is C27H44O4. The van der Waals surface area contributed by atoms with Crippen LogP contribution in [0.25, 0.3) is 0 Å². The Morgan fingerprint density at radius 1 is 1.19 bits per heavy atom. The predicted octanol–water partition coefficient (Wildman–Crippen LogP) is 4.68. The van der Waals surface area contributed by atoms with Crippen LogP contribution in [0.2, 0.25) is 0 Å². The van der Waals surface area contributed by atoms with Crippen LogP contribution in [0, 0.1) is 23.2 Å². The molecule has 0 saturated heterocycles. The lowest BCUT2D eigenvalue weighted by atomic mass is 9.60. The molecule has 0 radical (unpaired) electrons. The number of hydrogen-bond acceptors (Lipinski definition) is 4. The summed E-state index contributed by atoms with van der Waals surface area (Å²) in [5.41, 5.74) is 2.62. The molecule has 3 saturated carbocycles. The highest BCUT2D eigenvalue weighted by Gasteiger charge is 2.50. The lowest BCUT2D eigenvalue weighted by Gasteiger charge is -2.44. The zero-order valence-electron chi connectivity index (χ0n) is 20.0. The van der Waals surface area contributed by atoms with Crippen molar-refractivity contribution >= 4 is 0 Å². The zero-order valence-corrected chi connectivity index (χ0v) is 20.0. The van der Waals surface area contributed by atoms with E-state index in [0.29, 0.717) is 29.2 Å². The SMILES string of the molecule is C=C1/C(=C\C=C2/CCC[C@]3(C)[C@@H]([C@H](C)CCCC(C)(C)O)CC[C@@H]23)C[C@@H](O)[C@@H](O)[C@@H]1O. The molecule has 0 aromatic heterocycles. The maximum Gasteiger partial charge on any atom is 0.110 e. The molecular weight excluding hydrogens is 388 g/mol. The minimum absolute atomic E-state index is 0.329. The van der Waals surface area contributed by atoms with Crippen molar-refractivity contribution in [3.63, 3.8) is 0 Å². The van der Waals surface area contributed by atoms with Gasteiger partial charge >= 0.3 is 0 Å². The monoisotopic (exact) mass is 432 g/mol. The van der Waals surface area contributed by atoms with Crippen molar-refractivity contribution in [1.29, 1.82) is 0 Å². The molecule has 0 unspecified atom stereocenters. The van der Waals surface area contributed by atoms with Gasteiger partial charge in [-0.05, 0) is 86.7 Å². The van der Waals surface area contributed by atoms with E-state index in [1.165, 1.54) is 37.7 Å². The first kappa shape index (κ1) is 24.7. The van der Waals surface area contributed by atoms with Gasteiger partial charge in [0.25, 0.3) is 0 Å². The Hall–Kier alpha value is -0.940. The van der Waals surface area contributed by atoms with Gasteiger partial charge in [0.15, 0.2) is 0 Å². The van der Waals surface area contributed by atoms with E-state index >= 15 is 0 Å². The summed E-state index contributed by atoms with van der Waals surface area (Å²) in [6.07, 6.45) is 10.6. The van der Waals surface area contributed by atoms with Crippen LogP contribution in [-0.4, -0.2) is 44.3 Å². The average Bonchev–Trinajstić information content (AvgIpc) is 3.04. The third kappa shape index (κ3) is 5.35. The number of allylic oxidation sites excluding steroid dienone is 3. The lowest BCUT2D eigenvalue weighted by Crippen LogP contribution is -2.43. The summed E-state index contributed by atoms with van der Waals surface area (Å²) < 4.78 is 0. The first-order valence-electron chi connectivity index (χ1n) is 12.3. The number of rotatable bonds is 6. The van der Waals surface area contributed by atoms with Gasteiger partial charge < -0.3 is 20.4 Å². The Kier molecular flexibility index (Phi) is 7.57. The zero-order chi connectivity index (χ0) is 23.0. The van der Waals surface area contributed by atoms with Crippen molar-refractivity contribution in [2.75, 3.05) is 0 Å². The van der Waals surface area contributed by atoms with Gasteiger partial charge in [0, 0.05) is 6.42 Å². The second kappa shape index (κ2) is 9.51. The molecule has 0 heterocycles. The molecule has 0 spiro atoms. The summed E-state index contributed by atoms with van der Waals surface area (Å²) in [5, 5.41) is 40.1. The van der Waals surface area contributed by atoms with Crippen LogP contribution < -0.4 is 0 Å². The van der Waals surface area contributed by atoms with Crippen molar-refractivity contribution in [2.24, 2.45) is 23.2 Å². The van der Waals surface area contributed by atoms with Crippen molar-refractivity contribution in [3.8, 4) is 0 Å². The third-order valence-corrected chi connectivity index (χ3v) is 8.59. The average molecular weight is 433 g/mol. The first-order chi connectivity index (χ1) is 14.4. The fraction of sp³-hybridized carbons (Fsp3) is 0.778. The largest absolute Gasteiger partial charge is 0.390 e. The molecule has 3 aliphatic carbocycles. The van der Waals surface area contributed by atoms with E-state index in [9.17, 15) is 20.4 Å². The quantitative estimate of drug-likeness (QED) is 0.491. The predicted molar refractivity (Wildman–Crippen MR) is 125 cm³/mol. The standard InChI is InChI=1S/C27H44O4/c1-17(8-6-14-26(3,4)31)21-12-13-22-19(9-7-15-27(21,22)5)10-11-20-16-23(28)25(30)24(29)18(20)2/h10-11,17,21-25,28-31H,2,6-9,12-16H2,1,3-5H3/b19-10+,20-11-/t17-,21-,22+,23-,24-,25-,27-/m1/s1. The minimum atomic E-state index is -1.15. The maximum absolute atomic E-state index is 10.1. The molecule has 3 rings (SSSR count). The molecule has 31 heavy (non-hydrogen) atoms. The van der Waals surface area contributed by atoms with E-state index in [2.05, 4.69) is 26.5 Å². The summed E-state index contributed by atoms with van der Waals surface area (Å²) in [4.78, 5) is 0. The molecule has 4 heteroatoms. The number of aliphatic hydroxyl groups excluding tert-OH is 3. The highest BCUT2D eigenvalue weighted by atomic mass is 16.4. The van der Waals surface area contributed by atoms with Crippen molar-refractivity contribution in [1.82, 2.24) is 0 Å². The number of aliphatic hydroxyl groups is 4. The van der Waals surface area contributed by atoms with Gasteiger partial charge in [0.1, 0.15) is 12.2 Å². The van der Waals surface area contributed by atoms with Crippen LogP contribution in [0.4, 0.5) is 0 Å². The van der Waals surface area contributed by atoms with E-state index in [1.807, 2.05) is 19.9 Å². The van der Waals surface area contributed by atoms with Gasteiger partial charge in [-0.2, -0.15) is 0 Å². The summed E-state index contributed by atoms with van der Waals surface area (Å²) in [5.74, 6) is 1.98. The molecule has 0 aromatic carbocycles. The summed E-state index contributed by atoms with van der Waals surface area (Å²) >= 11 is 0. The molecule has 176 valence electrons. The number of hydrogen-bond donors (Lipinski definition) is 4. The Morgan fingerprint density at radius 2 is 1.90 bits per heavy atom. The summed E-state index contributed by atoms with van der Waals surface area (Å²) in [7, 11) is 0. The van der Waals surface area contributed by atoms with Crippen molar-refractivity contribution in [3.05, 3.63) is 35.5 Å². The van der Waals surface area contributed by atoms with E-state index < -0.39 is 23.9 Å². The van der Waals surface area contributed by atoms with Crippen LogP contribution in [0.5, 0.6) is 0 Å². The smallest absolute Gasteiger partial charge is 0.110 e. The van der Waals surface area contributed by atoms with Gasteiger partial charge in [0.2, 0.25) is 0 Å². The molecule has 3 fully saturated rings. The second-order valence-corrected chi connectivity index (χ2v) is 11.4. The highest BCUT2D eigenvalue weighted by Crippen LogP contribution is 2.60. The third-order valence-electron chi connectivity index (χ3n) is 8.59. The molecule has 0 aromatic rings. The fourth-order valence-electron chi connectivity index (χ4n) is 6.74. The van der Waals surface area contributed by atoms with Crippen LogP contribution >= 0.6 is 0 Å². The summed E-state index contributed by atoms with van der Waals surface area (Å²) in [6, 6.07) is 0. The normalized spacial score (nSPS) is 40.4. The Morgan fingerprint density at radius 3 is 2.58 bits per heavy atom. The molecule has 0 amide bonds. The fourth-order valence-corrected chi connectivity index (χ4v) is 6.74. The first-order valence-corrected chi connectivity index (χ1v) is 12.3. The number of fused-ring (bicyclic) bond motifs is 1. The maximum atomic E-state index is 10.1. The topological polar surface area (TPSA) is 80.9 Å². The molecule has 0 bridgehead atoms. The Labute approximate surface area is 188 Å². The summed E-state index contributed by atoms with van der Waals surface area (Å²) in [6.45, 7) is 12.6. The molecule has 4 N–H and O–H groups in total. The van der Waals surface area contributed by atoms with Gasteiger partial charge in [0.05, 0.1) is 11.7 Å². The Bertz CT molecular complexity index is 715. The van der Waals surface area contributed by atoms with E-state index in [4.69, 9.17) is 0 Å². The Balaban J connectivity index is 1.71. The molecule has 0 aliphatic heterocycles. The van der Waals surface area contributed by atoms with Crippen LogP contribution in [0.1, 0.15) is 85.5 Å². The van der Waals surface area contributed by atoms with Gasteiger partial charge in [-0.25, -0.2) is 0 Å². The van der Waals surface area contributed by atoms with Gasteiger partial charge in [-0.15, -0.1) is 0 Å². The van der Waals surface area contributed by atoms with Gasteiger partial charge in [-0.1, -0.05) is 51.0 Å². The van der Waals surface area contributed by atoms with E-state index in [-0.39, 0.29) is 0 Å². The van der Waals surface area contributed by atoms with Crippen LogP contribution in [0.3, 0.4) is 0 Å². The molecule has 4 nitrogen and oxygen atoms in total.